The molecule has 3 N–H and O–H groups in total. The molecule has 0 aromatic heterocycles. The lowest BCUT2D eigenvalue weighted by Gasteiger charge is -2.26. The SMILES string of the molecule is CCCC(C)(N)C(=O)NCCN(C)C(C)CC. The van der Waals surface area contributed by atoms with Crippen LogP contribution in [0.1, 0.15) is 47.0 Å². The molecule has 0 aliphatic carbocycles. The van der Waals surface area contributed by atoms with Crippen molar-refractivity contribution in [1.29, 1.82) is 0 Å². The number of likely N-dealkylation sites (N-methyl/N-ethyl adjacent to an activating group) is 1. The quantitative estimate of drug-likeness (QED) is 0.676. The van der Waals surface area contributed by atoms with Gasteiger partial charge in [-0.05, 0) is 33.7 Å². The number of rotatable bonds is 8. The highest BCUT2D eigenvalue weighted by Gasteiger charge is 2.26. The Bertz CT molecular complexity index is 229. The van der Waals surface area contributed by atoms with Gasteiger partial charge < -0.3 is 16.0 Å². The van der Waals surface area contributed by atoms with E-state index >= 15 is 0 Å². The molecular weight excluding hydrogens is 214 g/mol. The van der Waals surface area contributed by atoms with Crippen LogP contribution < -0.4 is 11.1 Å². The van der Waals surface area contributed by atoms with Gasteiger partial charge in [-0.1, -0.05) is 20.3 Å². The zero-order chi connectivity index (χ0) is 13.5. The van der Waals surface area contributed by atoms with Crippen molar-refractivity contribution in [3.8, 4) is 0 Å². The van der Waals surface area contributed by atoms with Gasteiger partial charge in [0, 0.05) is 19.1 Å². The van der Waals surface area contributed by atoms with Gasteiger partial charge in [-0.25, -0.2) is 0 Å². The maximum Gasteiger partial charge on any atom is 0.239 e. The molecule has 0 aromatic carbocycles. The lowest BCUT2D eigenvalue weighted by Crippen LogP contribution is -2.52. The van der Waals surface area contributed by atoms with Crippen LogP contribution in [-0.4, -0.2) is 42.5 Å². The van der Waals surface area contributed by atoms with Crippen LogP contribution in [0.25, 0.3) is 0 Å². The first-order valence-corrected chi connectivity index (χ1v) is 6.62. The van der Waals surface area contributed by atoms with E-state index in [-0.39, 0.29) is 5.91 Å². The summed E-state index contributed by atoms with van der Waals surface area (Å²) in [6, 6.07) is 0.548. The molecule has 0 bridgehead atoms. The van der Waals surface area contributed by atoms with Crippen LogP contribution in [0.4, 0.5) is 0 Å². The van der Waals surface area contributed by atoms with E-state index in [4.69, 9.17) is 5.73 Å². The third kappa shape index (κ3) is 6.03. The van der Waals surface area contributed by atoms with E-state index in [2.05, 4.69) is 31.1 Å². The van der Waals surface area contributed by atoms with Crippen LogP contribution in [0.5, 0.6) is 0 Å². The second kappa shape index (κ2) is 7.67. The van der Waals surface area contributed by atoms with Crippen molar-refractivity contribution in [1.82, 2.24) is 10.2 Å². The van der Waals surface area contributed by atoms with Crippen LogP contribution in [0.2, 0.25) is 0 Å². The van der Waals surface area contributed by atoms with Gasteiger partial charge in [-0.3, -0.25) is 4.79 Å². The first-order chi connectivity index (χ1) is 7.85. The maximum atomic E-state index is 11.8. The molecule has 4 nitrogen and oxygen atoms in total. The van der Waals surface area contributed by atoms with Gasteiger partial charge in [-0.15, -0.1) is 0 Å². The molecular formula is C13H29N3O. The summed E-state index contributed by atoms with van der Waals surface area (Å²) in [7, 11) is 2.08. The fraction of sp³-hybridized carbons (Fsp3) is 0.923. The fourth-order valence-electron chi connectivity index (χ4n) is 1.71. The number of nitrogens with zero attached hydrogens (tertiary/aromatic N) is 1. The molecule has 0 aliphatic rings. The summed E-state index contributed by atoms with van der Waals surface area (Å²) >= 11 is 0. The van der Waals surface area contributed by atoms with Crippen LogP contribution in [0.3, 0.4) is 0 Å². The van der Waals surface area contributed by atoms with E-state index in [1.807, 2.05) is 6.92 Å². The van der Waals surface area contributed by atoms with Crippen molar-refractivity contribution in [3.63, 3.8) is 0 Å². The zero-order valence-corrected chi connectivity index (χ0v) is 12.0. The summed E-state index contributed by atoms with van der Waals surface area (Å²) < 4.78 is 0. The molecule has 0 spiro atoms. The van der Waals surface area contributed by atoms with Gasteiger partial charge >= 0.3 is 0 Å². The fourth-order valence-corrected chi connectivity index (χ4v) is 1.71. The standard InChI is InChI=1S/C13H29N3O/c1-6-8-13(4,14)12(17)15-9-10-16(5)11(3)7-2/h11H,6-10,14H2,1-5H3,(H,15,17). The molecule has 0 rings (SSSR count). The van der Waals surface area contributed by atoms with Crippen molar-refractivity contribution in [2.45, 2.75) is 58.5 Å². The van der Waals surface area contributed by atoms with Crippen LogP contribution >= 0.6 is 0 Å². The molecule has 102 valence electrons. The van der Waals surface area contributed by atoms with E-state index in [0.29, 0.717) is 12.6 Å². The van der Waals surface area contributed by atoms with Crippen LogP contribution in [-0.2, 0) is 4.79 Å². The lowest BCUT2D eigenvalue weighted by atomic mass is 9.96. The predicted molar refractivity (Wildman–Crippen MR) is 72.9 cm³/mol. The molecule has 17 heavy (non-hydrogen) atoms. The first kappa shape index (κ1) is 16.4. The topological polar surface area (TPSA) is 58.4 Å². The third-order valence-electron chi connectivity index (χ3n) is 3.38. The smallest absolute Gasteiger partial charge is 0.239 e. The molecule has 2 atom stereocenters. The maximum absolute atomic E-state index is 11.8. The highest BCUT2D eigenvalue weighted by molar-refractivity contribution is 5.85. The summed E-state index contributed by atoms with van der Waals surface area (Å²) in [6.07, 6.45) is 2.77. The number of hydrogen-bond donors (Lipinski definition) is 2. The average Bonchev–Trinajstić information content (AvgIpc) is 2.27. The summed E-state index contributed by atoms with van der Waals surface area (Å²) in [5.41, 5.74) is 5.22. The van der Waals surface area contributed by atoms with Gasteiger partial charge in [0.2, 0.25) is 5.91 Å². The Hall–Kier alpha value is -0.610. The monoisotopic (exact) mass is 243 g/mol. The van der Waals surface area contributed by atoms with Crippen molar-refractivity contribution in [2.75, 3.05) is 20.1 Å². The molecule has 0 heterocycles. The zero-order valence-electron chi connectivity index (χ0n) is 12.0. The lowest BCUT2D eigenvalue weighted by molar-refractivity contribution is -0.126. The minimum Gasteiger partial charge on any atom is -0.353 e. The van der Waals surface area contributed by atoms with Crippen LogP contribution in [0.15, 0.2) is 0 Å². The number of carbonyl (C=O) groups is 1. The molecule has 1 amide bonds. The van der Waals surface area contributed by atoms with Crippen molar-refractivity contribution < 1.29 is 4.79 Å². The van der Waals surface area contributed by atoms with Gasteiger partial charge in [0.1, 0.15) is 0 Å². The minimum absolute atomic E-state index is 0.0445. The highest BCUT2D eigenvalue weighted by atomic mass is 16.2. The Kier molecular flexibility index (Phi) is 7.39. The first-order valence-electron chi connectivity index (χ1n) is 6.62. The Morgan fingerprint density at radius 2 is 2.06 bits per heavy atom. The summed E-state index contributed by atoms with van der Waals surface area (Å²) in [5, 5.41) is 2.91. The van der Waals surface area contributed by atoms with Gasteiger partial charge in [0.15, 0.2) is 0 Å². The van der Waals surface area contributed by atoms with Crippen molar-refractivity contribution >= 4 is 5.91 Å². The average molecular weight is 243 g/mol. The van der Waals surface area contributed by atoms with E-state index in [1.54, 1.807) is 6.92 Å². The molecule has 0 aromatic rings. The second-order valence-corrected chi connectivity index (χ2v) is 5.16. The molecule has 0 saturated heterocycles. The Morgan fingerprint density at radius 3 is 2.53 bits per heavy atom. The molecule has 0 fully saturated rings. The Morgan fingerprint density at radius 1 is 1.47 bits per heavy atom. The molecule has 2 unspecified atom stereocenters. The third-order valence-corrected chi connectivity index (χ3v) is 3.38. The molecule has 0 aliphatic heterocycles. The molecule has 4 heteroatoms. The van der Waals surface area contributed by atoms with Crippen LogP contribution in [0, 0.1) is 0 Å². The number of carbonyl (C=O) groups excluding carboxylic acids is 1. The number of nitrogens with two attached hydrogens (primary N) is 1. The van der Waals surface area contributed by atoms with E-state index in [9.17, 15) is 4.79 Å². The normalized spacial score (nSPS) is 16.6. The Labute approximate surface area is 106 Å². The minimum atomic E-state index is -0.732. The van der Waals surface area contributed by atoms with E-state index < -0.39 is 5.54 Å². The highest BCUT2D eigenvalue weighted by Crippen LogP contribution is 2.08. The van der Waals surface area contributed by atoms with E-state index in [0.717, 1.165) is 25.8 Å². The van der Waals surface area contributed by atoms with Crippen molar-refractivity contribution in [2.24, 2.45) is 5.73 Å². The molecule has 0 saturated carbocycles. The summed E-state index contributed by atoms with van der Waals surface area (Å²) in [5.74, 6) is -0.0445. The summed E-state index contributed by atoms with van der Waals surface area (Å²) in [4.78, 5) is 14.1. The van der Waals surface area contributed by atoms with Crippen molar-refractivity contribution in [3.05, 3.63) is 0 Å². The van der Waals surface area contributed by atoms with Gasteiger partial charge in [0.25, 0.3) is 0 Å². The summed E-state index contributed by atoms with van der Waals surface area (Å²) in [6.45, 7) is 9.71. The number of nitrogens with one attached hydrogen (secondary N) is 1. The number of hydrogen-bond acceptors (Lipinski definition) is 3. The van der Waals surface area contributed by atoms with Gasteiger partial charge in [-0.2, -0.15) is 0 Å². The Balaban J connectivity index is 3.93. The number of amides is 1. The van der Waals surface area contributed by atoms with E-state index in [1.165, 1.54) is 0 Å². The largest absolute Gasteiger partial charge is 0.353 e. The predicted octanol–water partition coefficient (Wildman–Crippen LogP) is 1.35. The molecule has 0 radical (unpaired) electrons. The van der Waals surface area contributed by atoms with Gasteiger partial charge in [0.05, 0.1) is 5.54 Å². The second-order valence-electron chi connectivity index (χ2n) is 5.16.